The average molecular weight is 204 g/mol. The van der Waals surface area contributed by atoms with E-state index in [1.165, 1.54) is 31.4 Å². The van der Waals surface area contributed by atoms with Crippen LogP contribution in [0.5, 0.6) is 0 Å². The molecule has 2 N–H and O–H groups in total. The van der Waals surface area contributed by atoms with Crippen molar-refractivity contribution in [1.82, 2.24) is 4.98 Å². The lowest BCUT2D eigenvalue weighted by molar-refractivity contribution is 0.409. The lowest BCUT2D eigenvalue weighted by Crippen LogP contribution is -2.28. The topological polar surface area (TPSA) is 38.9 Å². The maximum atomic E-state index is 6.20. The van der Waals surface area contributed by atoms with Gasteiger partial charge in [-0.2, -0.15) is 0 Å². The smallest absolute Gasteiger partial charge is 0.0404 e. The summed E-state index contributed by atoms with van der Waals surface area (Å²) in [5.74, 6) is 0.772. The fourth-order valence-electron chi connectivity index (χ4n) is 2.48. The second kappa shape index (κ2) is 5.26. The van der Waals surface area contributed by atoms with Crippen molar-refractivity contribution in [2.75, 3.05) is 0 Å². The van der Waals surface area contributed by atoms with Crippen LogP contribution in [0.2, 0.25) is 0 Å². The second-order valence-electron chi connectivity index (χ2n) is 4.57. The molecule has 0 bridgehead atoms. The summed E-state index contributed by atoms with van der Waals surface area (Å²) in [4.78, 5) is 4.32. The molecule has 1 aliphatic rings. The molecule has 1 heterocycles. The third-order valence-corrected chi connectivity index (χ3v) is 3.47. The fourth-order valence-corrected chi connectivity index (χ4v) is 2.48. The molecule has 0 aromatic carbocycles. The van der Waals surface area contributed by atoms with Crippen LogP contribution in [-0.4, -0.2) is 11.0 Å². The van der Waals surface area contributed by atoms with E-state index in [0.29, 0.717) is 6.04 Å². The molecule has 1 atom stereocenters. The molecule has 82 valence electrons. The maximum absolute atomic E-state index is 6.20. The van der Waals surface area contributed by atoms with Gasteiger partial charge in [0.05, 0.1) is 0 Å². The van der Waals surface area contributed by atoms with Crippen LogP contribution < -0.4 is 5.73 Å². The summed E-state index contributed by atoms with van der Waals surface area (Å²) in [5, 5.41) is 0. The zero-order chi connectivity index (χ0) is 10.5. The van der Waals surface area contributed by atoms with Gasteiger partial charge in [-0.25, -0.2) is 0 Å². The van der Waals surface area contributed by atoms with Gasteiger partial charge in [-0.1, -0.05) is 18.9 Å². The Kier molecular flexibility index (Phi) is 3.73. The predicted octanol–water partition coefficient (Wildman–Crippen LogP) is 2.53. The first kappa shape index (κ1) is 10.6. The molecule has 2 nitrogen and oxygen atoms in total. The quantitative estimate of drug-likeness (QED) is 0.818. The van der Waals surface area contributed by atoms with Gasteiger partial charge in [0, 0.05) is 17.9 Å². The zero-order valence-electron chi connectivity index (χ0n) is 9.23. The van der Waals surface area contributed by atoms with Gasteiger partial charge < -0.3 is 5.73 Å². The van der Waals surface area contributed by atoms with E-state index in [0.717, 1.165) is 18.8 Å². The highest BCUT2D eigenvalue weighted by atomic mass is 14.7. The highest BCUT2D eigenvalue weighted by Crippen LogP contribution is 2.28. The summed E-state index contributed by atoms with van der Waals surface area (Å²) in [5.41, 5.74) is 7.37. The van der Waals surface area contributed by atoms with Crippen LogP contribution >= 0.6 is 0 Å². The van der Waals surface area contributed by atoms with Gasteiger partial charge in [-0.15, -0.1) is 0 Å². The summed E-state index contributed by atoms with van der Waals surface area (Å²) in [6.45, 7) is 0. The van der Waals surface area contributed by atoms with Gasteiger partial charge >= 0.3 is 0 Å². The molecular formula is C13H20N2. The highest BCUT2D eigenvalue weighted by molar-refractivity contribution is 5.03. The molecule has 2 rings (SSSR count). The number of hydrogen-bond acceptors (Lipinski definition) is 2. The lowest BCUT2D eigenvalue weighted by atomic mass is 9.94. The maximum Gasteiger partial charge on any atom is 0.0404 e. The molecule has 1 saturated carbocycles. The van der Waals surface area contributed by atoms with Gasteiger partial charge in [0.25, 0.3) is 0 Å². The van der Waals surface area contributed by atoms with Gasteiger partial charge in [0.1, 0.15) is 0 Å². The molecule has 0 aliphatic heterocycles. The van der Waals surface area contributed by atoms with Crippen LogP contribution in [0.25, 0.3) is 0 Å². The van der Waals surface area contributed by atoms with Crippen molar-refractivity contribution in [3.05, 3.63) is 30.1 Å². The molecule has 15 heavy (non-hydrogen) atoms. The molecule has 0 saturated heterocycles. The van der Waals surface area contributed by atoms with E-state index < -0.39 is 0 Å². The van der Waals surface area contributed by atoms with Crippen molar-refractivity contribution in [1.29, 1.82) is 0 Å². The third kappa shape index (κ3) is 3.03. The number of nitrogens with zero attached hydrogens (tertiary/aromatic N) is 1. The van der Waals surface area contributed by atoms with Crippen molar-refractivity contribution >= 4 is 0 Å². The van der Waals surface area contributed by atoms with Crippen molar-refractivity contribution < 1.29 is 0 Å². The van der Waals surface area contributed by atoms with E-state index >= 15 is 0 Å². The lowest BCUT2D eigenvalue weighted by Gasteiger charge is -2.18. The van der Waals surface area contributed by atoms with Gasteiger partial charge in [-0.05, 0) is 43.7 Å². The third-order valence-electron chi connectivity index (χ3n) is 3.47. The average Bonchev–Trinajstić information content (AvgIpc) is 2.81. The normalized spacial score (nSPS) is 19.3. The van der Waals surface area contributed by atoms with E-state index in [-0.39, 0.29) is 0 Å². The molecule has 0 spiro atoms. The standard InChI is InChI=1S/C13H20N2/c14-13(11-5-1-2-6-11)9-8-12-7-3-4-10-15-12/h3-4,7,10-11,13H,1-2,5-6,8-9,14H2. The molecule has 0 amide bonds. The van der Waals surface area contributed by atoms with E-state index in [9.17, 15) is 0 Å². The van der Waals surface area contributed by atoms with Gasteiger partial charge in [0.2, 0.25) is 0 Å². The first-order valence-corrected chi connectivity index (χ1v) is 6.02. The van der Waals surface area contributed by atoms with E-state index in [1.807, 2.05) is 18.3 Å². The molecule has 1 aliphatic carbocycles. The van der Waals surface area contributed by atoms with E-state index in [2.05, 4.69) is 11.1 Å². The molecule has 1 unspecified atom stereocenters. The minimum absolute atomic E-state index is 0.384. The van der Waals surface area contributed by atoms with Gasteiger partial charge in [-0.3, -0.25) is 4.98 Å². The Hall–Kier alpha value is -0.890. The minimum atomic E-state index is 0.384. The molecular weight excluding hydrogens is 184 g/mol. The van der Waals surface area contributed by atoms with Crippen molar-refractivity contribution in [3.63, 3.8) is 0 Å². The fraction of sp³-hybridized carbons (Fsp3) is 0.615. The number of nitrogens with two attached hydrogens (primary N) is 1. The highest BCUT2D eigenvalue weighted by Gasteiger charge is 2.21. The van der Waals surface area contributed by atoms with Crippen LogP contribution in [-0.2, 0) is 6.42 Å². The van der Waals surface area contributed by atoms with Crippen molar-refractivity contribution in [2.24, 2.45) is 11.7 Å². The van der Waals surface area contributed by atoms with E-state index in [1.54, 1.807) is 0 Å². The first-order valence-electron chi connectivity index (χ1n) is 6.02. The number of hydrogen-bond donors (Lipinski definition) is 1. The molecule has 2 heteroatoms. The number of pyridine rings is 1. The number of rotatable bonds is 4. The first-order chi connectivity index (χ1) is 7.36. The SMILES string of the molecule is NC(CCc1ccccn1)C1CCCC1. The van der Waals surface area contributed by atoms with Crippen molar-refractivity contribution in [2.45, 2.75) is 44.6 Å². The zero-order valence-corrected chi connectivity index (χ0v) is 9.23. The summed E-state index contributed by atoms with van der Waals surface area (Å²) >= 11 is 0. The van der Waals surface area contributed by atoms with Crippen LogP contribution in [0.1, 0.15) is 37.8 Å². The van der Waals surface area contributed by atoms with Crippen LogP contribution in [0, 0.1) is 5.92 Å². The Morgan fingerprint density at radius 2 is 2.13 bits per heavy atom. The Balaban J connectivity index is 1.77. The van der Waals surface area contributed by atoms with Crippen LogP contribution in [0.4, 0.5) is 0 Å². The monoisotopic (exact) mass is 204 g/mol. The summed E-state index contributed by atoms with van der Waals surface area (Å²) < 4.78 is 0. The molecule has 1 aromatic rings. The Bertz CT molecular complexity index is 278. The van der Waals surface area contributed by atoms with Crippen LogP contribution in [0.3, 0.4) is 0 Å². The summed E-state index contributed by atoms with van der Waals surface area (Å²) in [6, 6.07) is 6.47. The van der Waals surface area contributed by atoms with Crippen LogP contribution in [0.15, 0.2) is 24.4 Å². The Morgan fingerprint density at radius 3 is 2.80 bits per heavy atom. The molecule has 1 aromatic heterocycles. The second-order valence-corrected chi connectivity index (χ2v) is 4.57. The summed E-state index contributed by atoms with van der Waals surface area (Å²) in [6.07, 6.45) is 9.40. The van der Waals surface area contributed by atoms with Gasteiger partial charge in [0.15, 0.2) is 0 Å². The number of aromatic nitrogens is 1. The minimum Gasteiger partial charge on any atom is -0.327 e. The molecule has 1 fully saturated rings. The predicted molar refractivity (Wildman–Crippen MR) is 62.5 cm³/mol. The largest absolute Gasteiger partial charge is 0.327 e. The Morgan fingerprint density at radius 1 is 1.33 bits per heavy atom. The van der Waals surface area contributed by atoms with Crippen molar-refractivity contribution in [3.8, 4) is 0 Å². The number of aryl methyl sites for hydroxylation is 1. The Labute approximate surface area is 91.9 Å². The summed E-state index contributed by atoms with van der Waals surface area (Å²) in [7, 11) is 0. The molecule has 0 radical (unpaired) electrons. The van der Waals surface area contributed by atoms with E-state index in [4.69, 9.17) is 5.73 Å².